The van der Waals surface area contributed by atoms with Gasteiger partial charge in [0.2, 0.25) is 0 Å². The second kappa shape index (κ2) is 20.8. The molecule has 172 valence electrons. The van der Waals surface area contributed by atoms with E-state index in [1.807, 2.05) is 0 Å². The van der Waals surface area contributed by atoms with Crippen molar-refractivity contribution in [3.8, 4) is 5.75 Å². The minimum Gasteiger partial charge on any atom is -0.491 e. The molecule has 0 spiro atoms. The minimum atomic E-state index is 0.452. The highest BCUT2D eigenvalue weighted by Crippen LogP contribution is 2.10. The number of hydrogen-bond donors (Lipinski definition) is 0. The van der Waals surface area contributed by atoms with Crippen molar-refractivity contribution in [2.45, 2.75) is 32.6 Å². The summed E-state index contributed by atoms with van der Waals surface area (Å²) in [5.74, 6) is 0.719. The van der Waals surface area contributed by atoms with Crippen LogP contribution in [0.4, 0.5) is 0 Å². The number of carbonyl (C=O) groups is 1. The Morgan fingerprint density at radius 3 is 1.53 bits per heavy atom. The van der Waals surface area contributed by atoms with Crippen molar-refractivity contribution < 1.29 is 33.2 Å². The molecule has 0 unspecified atom stereocenters. The fourth-order valence-electron chi connectivity index (χ4n) is 2.47. The molecule has 1 aromatic rings. The largest absolute Gasteiger partial charge is 0.491 e. The summed E-state index contributed by atoms with van der Waals surface area (Å²) in [7, 11) is 0. The first-order valence-electron chi connectivity index (χ1n) is 10.9. The first-order valence-corrected chi connectivity index (χ1v) is 10.9. The molecule has 0 aliphatic rings. The second-order valence-corrected chi connectivity index (χ2v) is 6.66. The van der Waals surface area contributed by atoms with E-state index in [1.165, 1.54) is 19.3 Å². The number of hydrogen-bond acceptors (Lipinski definition) is 7. The van der Waals surface area contributed by atoms with Gasteiger partial charge in [0, 0.05) is 12.2 Å². The van der Waals surface area contributed by atoms with Gasteiger partial charge in [-0.2, -0.15) is 0 Å². The first-order chi connectivity index (χ1) is 14.9. The van der Waals surface area contributed by atoms with Crippen LogP contribution in [0.5, 0.6) is 5.75 Å². The Kier molecular flexibility index (Phi) is 18.3. The lowest BCUT2D eigenvalue weighted by atomic mass is 10.2. The van der Waals surface area contributed by atoms with Crippen LogP contribution in [0.3, 0.4) is 0 Å². The van der Waals surface area contributed by atoms with Crippen LogP contribution in [0.15, 0.2) is 24.3 Å². The Labute approximate surface area is 180 Å². The molecule has 0 aliphatic heterocycles. The van der Waals surface area contributed by atoms with E-state index in [9.17, 15) is 4.79 Å². The zero-order valence-corrected chi connectivity index (χ0v) is 18.4. The number of aldehydes is 1. The van der Waals surface area contributed by atoms with Gasteiger partial charge >= 0.3 is 0 Å². The van der Waals surface area contributed by atoms with Gasteiger partial charge in [0.05, 0.1) is 59.5 Å². The van der Waals surface area contributed by atoms with Crippen LogP contribution < -0.4 is 4.74 Å². The lowest BCUT2D eigenvalue weighted by Gasteiger charge is -2.09. The zero-order valence-electron chi connectivity index (χ0n) is 18.4. The van der Waals surface area contributed by atoms with Crippen molar-refractivity contribution in [2.75, 3.05) is 72.7 Å². The first kappa shape index (κ1) is 26.5. The molecule has 7 nitrogen and oxygen atoms in total. The van der Waals surface area contributed by atoms with Crippen LogP contribution in [0.2, 0.25) is 0 Å². The highest BCUT2D eigenvalue weighted by Gasteiger charge is 1.96. The SMILES string of the molecule is CCCCCCOCCOCCOCCOCCOCCOc1ccc(C=O)cc1. The maximum absolute atomic E-state index is 10.6. The summed E-state index contributed by atoms with van der Waals surface area (Å²) < 4.78 is 32.8. The van der Waals surface area contributed by atoms with Crippen molar-refractivity contribution in [2.24, 2.45) is 0 Å². The van der Waals surface area contributed by atoms with Gasteiger partial charge in [-0.05, 0) is 30.7 Å². The maximum Gasteiger partial charge on any atom is 0.150 e. The second-order valence-electron chi connectivity index (χ2n) is 6.66. The molecule has 0 bridgehead atoms. The lowest BCUT2D eigenvalue weighted by Crippen LogP contribution is -2.14. The van der Waals surface area contributed by atoms with Crippen LogP contribution in [0.1, 0.15) is 43.0 Å². The quantitative estimate of drug-likeness (QED) is 0.207. The number of carbonyl (C=O) groups excluding carboxylic acids is 1. The molecule has 30 heavy (non-hydrogen) atoms. The summed E-state index contributed by atoms with van der Waals surface area (Å²) in [6.07, 6.45) is 5.71. The van der Waals surface area contributed by atoms with E-state index in [0.717, 1.165) is 25.1 Å². The van der Waals surface area contributed by atoms with E-state index in [0.29, 0.717) is 71.6 Å². The summed E-state index contributed by atoms with van der Waals surface area (Å²) in [6.45, 7) is 8.44. The normalized spacial score (nSPS) is 11.0. The van der Waals surface area contributed by atoms with E-state index < -0.39 is 0 Å². The molecule has 0 atom stereocenters. The average Bonchev–Trinajstić information content (AvgIpc) is 2.78. The smallest absolute Gasteiger partial charge is 0.150 e. The lowest BCUT2D eigenvalue weighted by molar-refractivity contribution is -0.0128. The van der Waals surface area contributed by atoms with Crippen LogP contribution in [0, 0.1) is 0 Å². The molecule has 1 rings (SSSR count). The third-order valence-corrected chi connectivity index (χ3v) is 4.14. The van der Waals surface area contributed by atoms with Gasteiger partial charge in [-0.15, -0.1) is 0 Å². The highest BCUT2D eigenvalue weighted by atomic mass is 16.6. The maximum atomic E-state index is 10.6. The van der Waals surface area contributed by atoms with Crippen molar-refractivity contribution >= 4 is 6.29 Å². The third kappa shape index (κ3) is 16.3. The molecule has 0 radical (unpaired) electrons. The Balaban J connectivity index is 1.72. The van der Waals surface area contributed by atoms with E-state index >= 15 is 0 Å². The number of benzene rings is 1. The number of ether oxygens (including phenoxy) is 6. The molecule has 0 heterocycles. The Hall–Kier alpha value is -1.51. The van der Waals surface area contributed by atoms with Crippen LogP contribution in [-0.4, -0.2) is 79.0 Å². The molecule has 0 saturated heterocycles. The topological polar surface area (TPSA) is 72.5 Å². The monoisotopic (exact) mass is 426 g/mol. The summed E-state index contributed by atoms with van der Waals surface area (Å²) in [5, 5.41) is 0. The van der Waals surface area contributed by atoms with Crippen LogP contribution in [0.25, 0.3) is 0 Å². The van der Waals surface area contributed by atoms with Gasteiger partial charge in [0.25, 0.3) is 0 Å². The van der Waals surface area contributed by atoms with Gasteiger partial charge in [-0.3, -0.25) is 4.79 Å². The fourth-order valence-corrected chi connectivity index (χ4v) is 2.47. The van der Waals surface area contributed by atoms with Crippen molar-refractivity contribution in [1.29, 1.82) is 0 Å². The van der Waals surface area contributed by atoms with E-state index in [-0.39, 0.29) is 0 Å². The molecule has 0 amide bonds. The molecule has 0 saturated carbocycles. The summed E-state index contributed by atoms with van der Waals surface area (Å²) >= 11 is 0. The summed E-state index contributed by atoms with van der Waals surface area (Å²) in [6, 6.07) is 6.97. The molecular weight excluding hydrogens is 388 g/mol. The molecular formula is C23H38O7. The number of unbranched alkanes of at least 4 members (excludes halogenated alkanes) is 3. The molecule has 7 heteroatoms. The Morgan fingerprint density at radius 2 is 1.07 bits per heavy atom. The van der Waals surface area contributed by atoms with E-state index in [1.54, 1.807) is 24.3 Å². The van der Waals surface area contributed by atoms with Gasteiger partial charge in [-0.25, -0.2) is 0 Å². The van der Waals surface area contributed by atoms with Gasteiger partial charge < -0.3 is 28.4 Å². The molecule has 0 aliphatic carbocycles. The standard InChI is InChI=1S/C23H38O7/c1-2-3-4-5-10-25-11-12-26-13-14-27-15-16-28-17-18-29-19-20-30-23-8-6-22(21-24)7-9-23/h6-9,21H,2-5,10-20H2,1H3. The van der Waals surface area contributed by atoms with Gasteiger partial charge in [0.1, 0.15) is 18.6 Å². The van der Waals surface area contributed by atoms with Crippen molar-refractivity contribution in [3.63, 3.8) is 0 Å². The van der Waals surface area contributed by atoms with Gasteiger partial charge in [0.15, 0.2) is 0 Å². The van der Waals surface area contributed by atoms with Crippen LogP contribution >= 0.6 is 0 Å². The Morgan fingerprint density at radius 1 is 0.600 bits per heavy atom. The number of rotatable bonds is 22. The summed E-state index contributed by atoms with van der Waals surface area (Å²) in [5.41, 5.74) is 0.630. The van der Waals surface area contributed by atoms with Crippen molar-refractivity contribution in [3.05, 3.63) is 29.8 Å². The minimum absolute atomic E-state index is 0.452. The van der Waals surface area contributed by atoms with Gasteiger partial charge in [-0.1, -0.05) is 26.2 Å². The molecule has 0 aromatic heterocycles. The van der Waals surface area contributed by atoms with E-state index in [4.69, 9.17) is 28.4 Å². The molecule has 0 fully saturated rings. The van der Waals surface area contributed by atoms with Crippen molar-refractivity contribution in [1.82, 2.24) is 0 Å². The predicted molar refractivity (Wildman–Crippen MR) is 116 cm³/mol. The fraction of sp³-hybridized carbons (Fsp3) is 0.696. The molecule has 1 aromatic carbocycles. The zero-order chi connectivity index (χ0) is 21.5. The van der Waals surface area contributed by atoms with Crippen LogP contribution in [-0.2, 0) is 23.7 Å². The average molecular weight is 427 g/mol. The van der Waals surface area contributed by atoms with E-state index in [2.05, 4.69) is 6.92 Å². The Bertz CT molecular complexity index is 493. The third-order valence-electron chi connectivity index (χ3n) is 4.14. The predicted octanol–water partition coefficient (Wildman–Crippen LogP) is 3.54. The highest BCUT2D eigenvalue weighted by molar-refractivity contribution is 5.74. The summed E-state index contributed by atoms with van der Waals surface area (Å²) in [4.78, 5) is 10.6. The molecule has 0 N–H and O–H groups in total.